The molecule has 0 aromatic carbocycles. The number of ether oxygens (including phenoxy) is 3. The van der Waals surface area contributed by atoms with E-state index in [0.29, 0.717) is 31.4 Å². The number of nitrogens with one attached hydrogen (secondary N) is 4. The van der Waals surface area contributed by atoms with E-state index in [-0.39, 0.29) is 35.9 Å². The van der Waals surface area contributed by atoms with Crippen LogP contribution >= 0.6 is 0 Å². The van der Waals surface area contributed by atoms with Gasteiger partial charge >= 0.3 is 17.9 Å². The molecule has 4 rings (SSSR count). The maximum atomic E-state index is 13.0. The lowest BCUT2D eigenvalue weighted by Crippen LogP contribution is -2.12. The Morgan fingerprint density at radius 2 is 1.30 bits per heavy atom. The number of hydrogen-bond donors (Lipinski definition) is 4. The summed E-state index contributed by atoms with van der Waals surface area (Å²) in [6.45, 7) is 10.8. The molecule has 4 aromatic heterocycles. The third-order valence-electron chi connectivity index (χ3n) is 9.64. The van der Waals surface area contributed by atoms with Gasteiger partial charge in [-0.1, -0.05) is 6.92 Å². The van der Waals surface area contributed by atoms with Crippen LogP contribution in [-0.2, 0) is 55.9 Å². The van der Waals surface area contributed by atoms with Gasteiger partial charge < -0.3 is 34.1 Å². The van der Waals surface area contributed by atoms with Crippen molar-refractivity contribution in [1.82, 2.24) is 19.9 Å². The summed E-state index contributed by atoms with van der Waals surface area (Å²) in [6, 6.07) is 0. The monoisotopic (exact) mass is 687 g/mol. The minimum Gasteiger partial charge on any atom is -0.469 e. The Labute approximate surface area is 292 Å². The topological polar surface area (TPSA) is 171 Å². The van der Waals surface area contributed by atoms with E-state index in [2.05, 4.69) is 58.6 Å². The standard InChI is InChI=1S/C38H49N5O7/c1-9-27-23(4)32(42-31(27)17-30-24(5)36(38(47)50-8)37(43-30)33(44)11-13-35(46)49-7)20-39-15-14-26-19-41-29(22(26)3)16-28-21(2)25(18-40-28)10-12-34(45)48-6/h18-20,40-43H,9-17H2,1-8H3/b39-20+. The quantitative estimate of drug-likeness (QED) is 0.0480. The van der Waals surface area contributed by atoms with Crippen molar-refractivity contribution in [3.05, 3.63) is 91.1 Å². The predicted octanol–water partition coefficient (Wildman–Crippen LogP) is 5.67. The molecule has 0 radical (unpaired) electrons. The molecule has 12 heteroatoms. The van der Waals surface area contributed by atoms with Crippen molar-refractivity contribution < 1.29 is 33.4 Å². The van der Waals surface area contributed by atoms with Gasteiger partial charge in [0, 0.05) is 73.6 Å². The SMILES string of the molecule is CCc1c(Cc2[nH]c(C(=O)CCC(=O)OC)c(C(=O)OC)c2C)[nH]c(/C=N/CCc2c[nH]c(Cc3[nH]cc(CCC(=O)OC)c3C)c2C)c1C. The number of H-pyrrole nitrogens is 4. The van der Waals surface area contributed by atoms with Crippen LogP contribution in [0.15, 0.2) is 17.4 Å². The van der Waals surface area contributed by atoms with Crippen molar-refractivity contribution >= 4 is 29.9 Å². The maximum Gasteiger partial charge on any atom is 0.340 e. The Bertz CT molecular complexity index is 1880. The average Bonchev–Trinajstić information content (AvgIpc) is 3.84. The molecule has 268 valence electrons. The number of methoxy groups -OCH3 is 3. The zero-order chi connectivity index (χ0) is 36.5. The highest BCUT2D eigenvalue weighted by Crippen LogP contribution is 2.27. The molecule has 0 unspecified atom stereocenters. The van der Waals surface area contributed by atoms with Gasteiger partial charge in [0.1, 0.15) is 0 Å². The fraction of sp³-hybridized carbons (Fsp3) is 0.447. The highest BCUT2D eigenvalue weighted by atomic mass is 16.5. The second-order valence-electron chi connectivity index (χ2n) is 12.5. The van der Waals surface area contributed by atoms with E-state index in [4.69, 9.17) is 14.5 Å². The molecule has 0 saturated heterocycles. The minimum atomic E-state index is -0.608. The highest BCUT2D eigenvalue weighted by Gasteiger charge is 2.27. The molecule has 50 heavy (non-hydrogen) atoms. The number of hydrogen-bond acceptors (Lipinski definition) is 8. The first kappa shape index (κ1) is 37.7. The first-order valence-corrected chi connectivity index (χ1v) is 16.9. The van der Waals surface area contributed by atoms with Gasteiger partial charge in [0.2, 0.25) is 0 Å². The van der Waals surface area contributed by atoms with Crippen LogP contribution in [0.2, 0.25) is 0 Å². The summed E-state index contributed by atoms with van der Waals surface area (Å²) in [5.74, 6) is -1.67. The van der Waals surface area contributed by atoms with Crippen molar-refractivity contribution in [2.45, 2.75) is 86.0 Å². The van der Waals surface area contributed by atoms with Crippen LogP contribution < -0.4 is 0 Å². The second-order valence-corrected chi connectivity index (χ2v) is 12.5. The summed E-state index contributed by atoms with van der Waals surface area (Å²) in [4.78, 5) is 67.2. The van der Waals surface area contributed by atoms with Gasteiger partial charge in [-0.15, -0.1) is 0 Å². The van der Waals surface area contributed by atoms with Crippen LogP contribution in [0.1, 0.15) is 114 Å². The van der Waals surface area contributed by atoms with E-state index in [1.54, 1.807) is 6.92 Å². The third-order valence-corrected chi connectivity index (χ3v) is 9.64. The number of aryl methyl sites for hydroxylation is 1. The van der Waals surface area contributed by atoms with Crippen molar-refractivity contribution in [2.24, 2.45) is 4.99 Å². The molecule has 0 saturated carbocycles. The summed E-state index contributed by atoms with van der Waals surface area (Å²) >= 11 is 0. The molecule has 4 N–H and O–H groups in total. The van der Waals surface area contributed by atoms with Crippen molar-refractivity contribution in [3.8, 4) is 0 Å². The molecule has 0 aliphatic rings. The van der Waals surface area contributed by atoms with E-state index < -0.39 is 11.9 Å². The number of carbonyl (C=O) groups is 4. The molecular weight excluding hydrogens is 638 g/mol. The molecule has 0 bridgehead atoms. The van der Waals surface area contributed by atoms with E-state index in [1.165, 1.54) is 38.0 Å². The zero-order valence-corrected chi connectivity index (χ0v) is 30.4. The first-order valence-electron chi connectivity index (χ1n) is 16.9. The van der Waals surface area contributed by atoms with Gasteiger partial charge in [-0.05, 0) is 85.9 Å². The number of esters is 3. The highest BCUT2D eigenvalue weighted by molar-refractivity contribution is 6.07. The van der Waals surface area contributed by atoms with E-state index in [1.807, 2.05) is 12.4 Å². The lowest BCUT2D eigenvalue weighted by atomic mass is 10.0. The molecule has 0 atom stereocenters. The lowest BCUT2D eigenvalue weighted by Gasteiger charge is -2.04. The molecule has 4 heterocycles. The molecule has 0 aliphatic heterocycles. The van der Waals surface area contributed by atoms with Crippen LogP contribution in [0.25, 0.3) is 0 Å². The van der Waals surface area contributed by atoms with E-state index >= 15 is 0 Å². The maximum absolute atomic E-state index is 13.0. The normalized spacial score (nSPS) is 11.4. The fourth-order valence-electron chi connectivity index (χ4n) is 6.40. The van der Waals surface area contributed by atoms with Crippen LogP contribution in [0.4, 0.5) is 0 Å². The van der Waals surface area contributed by atoms with Crippen molar-refractivity contribution in [2.75, 3.05) is 27.9 Å². The second kappa shape index (κ2) is 17.0. The molecule has 0 aliphatic carbocycles. The molecule has 4 aromatic rings. The third kappa shape index (κ3) is 8.53. The number of nitrogens with zero attached hydrogens (tertiary/aromatic N) is 1. The summed E-state index contributed by atoms with van der Waals surface area (Å²) < 4.78 is 14.4. The molecule has 12 nitrogen and oxygen atoms in total. The van der Waals surface area contributed by atoms with Crippen molar-refractivity contribution in [1.29, 1.82) is 0 Å². The Morgan fingerprint density at radius 1 is 0.700 bits per heavy atom. The largest absolute Gasteiger partial charge is 0.469 e. The van der Waals surface area contributed by atoms with Gasteiger partial charge in [0.15, 0.2) is 5.78 Å². The Hall–Kier alpha value is -5.13. The van der Waals surface area contributed by atoms with Gasteiger partial charge in [0.25, 0.3) is 0 Å². The Balaban J connectivity index is 1.44. The first-order chi connectivity index (χ1) is 23.9. The number of carbonyl (C=O) groups excluding carboxylic acids is 4. The van der Waals surface area contributed by atoms with Gasteiger partial charge in [0.05, 0.1) is 44.7 Å². The van der Waals surface area contributed by atoms with E-state index in [0.717, 1.165) is 64.4 Å². The van der Waals surface area contributed by atoms with Crippen LogP contribution in [0.5, 0.6) is 0 Å². The molecule has 0 fully saturated rings. The average molecular weight is 688 g/mol. The van der Waals surface area contributed by atoms with Gasteiger partial charge in [-0.3, -0.25) is 19.4 Å². The summed E-state index contributed by atoms with van der Waals surface area (Å²) in [5, 5.41) is 0. The number of aliphatic imine (C=N–C) groups is 1. The number of Topliss-reactive ketones (excluding diaryl/α,β-unsaturated/α-hetero) is 1. The number of aromatic amines is 4. The van der Waals surface area contributed by atoms with E-state index in [9.17, 15) is 19.2 Å². The van der Waals surface area contributed by atoms with Crippen LogP contribution in [0, 0.1) is 27.7 Å². The van der Waals surface area contributed by atoms with Gasteiger partial charge in [-0.2, -0.15) is 0 Å². The smallest absolute Gasteiger partial charge is 0.340 e. The summed E-state index contributed by atoms with van der Waals surface area (Å²) in [6.07, 6.45) is 9.50. The number of rotatable bonds is 17. The zero-order valence-electron chi connectivity index (χ0n) is 30.4. The molecule has 0 spiro atoms. The van der Waals surface area contributed by atoms with Gasteiger partial charge in [-0.25, -0.2) is 4.79 Å². The fourth-order valence-corrected chi connectivity index (χ4v) is 6.40. The summed E-state index contributed by atoms with van der Waals surface area (Å²) in [5.41, 5.74) is 12.8. The number of ketones is 1. The van der Waals surface area contributed by atoms with Crippen molar-refractivity contribution in [3.63, 3.8) is 0 Å². The van der Waals surface area contributed by atoms with Crippen LogP contribution in [0.3, 0.4) is 0 Å². The molecule has 0 amide bonds. The Morgan fingerprint density at radius 3 is 1.90 bits per heavy atom. The Kier molecular flexibility index (Phi) is 12.8. The summed E-state index contributed by atoms with van der Waals surface area (Å²) in [7, 11) is 3.96. The molecular formula is C38H49N5O7. The lowest BCUT2D eigenvalue weighted by molar-refractivity contribution is -0.141. The minimum absolute atomic E-state index is 0.0819. The number of aromatic nitrogens is 4. The van der Waals surface area contributed by atoms with Crippen LogP contribution in [-0.4, -0.2) is 77.7 Å². The predicted molar refractivity (Wildman–Crippen MR) is 191 cm³/mol.